The van der Waals surface area contributed by atoms with E-state index in [1.165, 1.54) is 67.1 Å². The molecule has 0 fully saturated rings. The Morgan fingerprint density at radius 1 is 0.586 bits per heavy atom. The third kappa shape index (κ3) is 4.87. The van der Waals surface area contributed by atoms with Crippen molar-refractivity contribution in [1.29, 1.82) is 0 Å². The fraction of sp³-hybridized carbons (Fsp3) is 0.440. The summed E-state index contributed by atoms with van der Waals surface area (Å²) < 4.78 is 0. The molecule has 4 heteroatoms. The van der Waals surface area contributed by atoms with E-state index in [4.69, 9.17) is 9.97 Å². The van der Waals surface area contributed by atoms with Crippen LogP contribution in [-0.4, -0.2) is 19.9 Å². The summed E-state index contributed by atoms with van der Waals surface area (Å²) in [6.45, 7) is 4.25. The Kier molecular flexibility index (Phi) is 6.28. The molecule has 2 heterocycles. The van der Waals surface area contributed by atoms with E-state index in [-0.39, 0.29) is 0 Å². The fourth-order valence-electron chi connectivity index (χ4n) is 4.16. The normalized spacial score (nSPS) is 11.7. The molecule has 0 saturated heterocycles. The van der Waals surface area contributed by atoms with E-state index in [1.807, 2.05) is 0 Å². The molecule has 0 amide bonds. The van der Waals surface area contributed by atoms with Crippen molar-refractivity contribution in [3.63, 3.8) is 0 Å². The molecule has 4 aromatic rings. The van der Waals surface area contributed by atoms with E-state index in [0.29, 0.717) is 0 Å². The highest BCUT2D eigenvalue weighted by atomic mass is 14.9. The molecule has 2 aromatic carbocycles. The third-order valence-corrected chi connectivity index (χ3v) is 5.85. The first-order chi connectivity index (χ1) is 14.2. The van der Waals surface area contributed by atoms with Gasteiger partial charge in [0.25, 0.3) is 0 Å². The number of unbranched alkanes of at least 4 members (excludes halogenated alkanes) is 6. The van der Waals surface area contributed by atoms with Crippen LogP contribution < -0.4 is 0 Å². The second kappa shape index (κ2) is 9.25. The lowest BCUT2D eigenvalue weighted by Gasteiger charge is -2.01. The maximum absolute atomic E-state index is 4.76. The molecule has 29 heavy (non-hydrogen) atoms. The SMILES string of the molecule is Cc1cccc2[nH]c(CCCCCCCCCc3nc4c(C)cccc4[nH]3)nc12. The summed E-state index contributed by atoms with van der Waals surface area (Å²) in [5, 5.41) is 0. The molecule has 152 valence electrons. The smallest absolute Gasteiger partial charge is 0.107 e. The number of aromatic amines is 2. The molecule has 0 aliphatic rings. The Morgan fingerprint density at radius 3 is 1.41 bits per heavy atom. The molecule has 0 unspecified atom stereocenters. The van der Waals surface area contributed by atoms with Gasteiger partial charge in [-0.2, -0.15) is 0 Å². The molecule has 4 rings (SSSR count). The number of para-hydroxylation sites is 2. The monoisotopic (exact) mass is 388 g/mol. The van der Waals surface area contributed by atoms with Crippen LogP contribution in [0.3, 0.4) is 0 Å². The Balaban J connectivity index is 1.09. The van der Waals surface area contributed by atoms with E-state index in [9.17, 15) is 0 Å². The molecule has 0 atom stereocenters. The van der Waals surface area contributed by atoms with Gasteiger partial charge in [-0.05, 0) is 49.9 Å². The number of rotatable bonds is 10. The van der Waals surface area contributed by atoms with Crippen LogP contribution >= 0.6 is 0 Å². The number of nitrogens with zero attached hydrogens (tertiary/aromatic N) is 2. The number of fused-ring (bicyclic) bond motifs is 2. The highest BCUT2D eigenvalue weighted by Crippen LogP contribution is 2.18. The summed E-state index contributed by atoms with van der Waals surface area (Å²) in [6.07, 6.45) is 11.1. The van der Waals surface area contributed by atoms with Crippen molar-refractivity contribution in [3.05, 3.63) is 59.2 Å². The lowest BCUT2D eigenvalue weighted by Crippen LogP contribution is -1.90. The summed E-state index contributed by atoms with van der Waals surface area (Å²) >= 11 is 0. The second-order valence-corrected chi connectivity index (χ2v) is 8.28. The van der Waals surface area contributed by atoms with Crippen molar-refractivity contribution in [2.24, 2.45) is 0 Å². The van der Waals surface area contributed by atoms with Gasteiger partial charge in [-0.25, -0.2) is 9.97 Å². The highest BCUT2D eigenvalue weighted by Gasteiger charge is 2.05. The number of H-pyrrole nitrogens is 2. The van der Waals surface area contributed by atoms with Crippen LogP contribution in [-0.2, 0) is 12.8 Å². The van der Waals surface area contributed by atoms with Crippen LogP contribution in [0, 0.1) is 13.8 Å². The average Bonchev–Trinajstić information content (AvgIpc) is 3.32. The van der Waals surface area contributed by atoms with Gasteiger partial charge in [0.1, 0.15) is 11.6 Å². The summed E-state index contributed by atoms with van der Waals surface area (Å²) in [5.74, 6) is 2.27. The van der Waals surface area contributed by atoms with Crippen molar-refractivity contribution in [2.45, 2.75) is 71.6 Å². The van der Waals surface area contributed by atoms with Crippen LogP contribution in [0.5, 0.6) is 0 Å². The second-order valence-electron chi connectivity index (χ2n) is 8.28. The van der Waals surface area contributed by atoms with Crippen LogP contribution in [0.2, 0.25) is 0 Å². The van der Waals surface area contributed by atoms with Crippen LogP contribution in [0.4, 0.5) is 0 Å². The molecule has 0 bridgehead atoms. The lowest BCUT2D eigenvalue weighted by atomic mass is 10.1. The van der Waals surface area contributed by atoms with Gasteiger partial charge in [0, 0.05) is 12.8 Å². The quantitative estimate of drug-likeness (QED) is 0.302. The minimum atomic E-state index is 1.06. The van der Waals surface area contributed by atoms with Crippen molar-refractivity contribution in [2.75, 3.05) is 0 Å². The van der Waals surface area contributed by atoms with Gasteiger partial charge < -0.3 is 9.97 Å². The molecule has 4 nitrogen and oxygen atoms in total. The summed E-state index contributed by atoms with van der Waals surface area (Å²) in [6, 6.07) is 12.7. The van der Waals surface area contributed by atoms with Crippen molar-refractivity contribution >= 4 is 22.1 Å². The molecular formula is C25H32N4. The number of aryl methyl sites for hydroxylation is 4. The van der Waals surface area contributed by atoms with Gasteiger partial charge in [-0.1, -0.05) is 56.4 Å². The summed E-state index contributed by atoms with van der Waals surface area (Å²) in [5.41, 5.74) is 7.09. The van der Waals surface area contributed by atoms with E-state index in [0.717, 1.165) is 35.5 Å². The molecule has 0 spiro atoms. The lowest BCUT2D eigenvalue weighted by molar-refractivity contribution is 0.573. The Labute approximate surface area is 173 Å². The highest BCUT2D eigenvalue weighted by molar-refractivity contribution is 5.79. The zero-order chi connectivity index (χ0) is 20.1. The van der Waals surface area contributed by atoms with Gasteiger partial charge in [0.05, 0.1) is 22.1 Å². The topological polar surface area (TPSA) is 57.4 Å². The van der Waals surface area contributed by atoms with E-state index in [2.05, 4.69) is 60.2 Å². The van der Waals surface area contributed by atoms with Crippen molar-refractivity contribution < 1.29 is 0 Å². The number of hydrogen-bond acceptors (Lipinski definition) is 2. The Morgan fingerprint density at radius 2 is 1.00 bits per heavy atom. The maximum Gasteiger partial charge on any atom is 0.107 e. The first kappa shape index (κ1) is 19.7. The first-order valence-corrected chi connectivity index (χ1v) is 11.1. The Bertz CT molecular complexity index is 987. The molecular weight excluding hydrogens is 356 g/mol. The minimum Gasteiger partial charge on any atom is -0.342 e. The van der Waals surface area contributed by atoms with E-state index >= 15 is 0 Å². The van der Waals surface area contributed by atoms with Crippen LogP contribution in [0.1, 0.15) is 67.7 Å². The largest absolute Gasteiger partial charge is 0.342 e. The van der Waals surface area contributed by atoms with Gasteiger partial charge in [0.15, 0.2) is 0 Å². The van der Waals surface area contributed by atoms with E-state index < -0.39 is 0 Å². The fourth-order valence-corrected chi connectivity index (χ4v) is 4.16. The molecule has 0 aliphatic heterocycles. The van der Waals surface area contributed by atoms with E-state index in [1.54, 1.807) is 0 Å². The number of nitrogens with one attached hydrogen (secondary N) is 2. The number of benzene rings is 2. The van der Waals surface area contributed by atoms with Crippen molar-refractivity contribution in [1.82, 2.24) is 19.9 Å². The molecule has 0 saturated carbocycles. The van der Waals surface area contributed by atoms with Gasteiger partial charge in [-0.15, -0.1) is 0 Å². The van der Waals surface area contributed by atoms with Crippen LogP contribution in [0.25, 0.3) is 22.1 Å². The predicted octanol–water partition coefficient (Wildman–Crippen LogP) is 6.57. The standard InChI is InChI=1S/C25H32N4/c1-18-12-10-14-20-24(18)28-22(26-20)16-8-6-4-3-5-7-9-17-23-27-21-15-11-13-19(2)25(21)29-23/h10-15H,3-9,16-17H2,1-2H3,(H,26,28)(H,27,29). The summed E-state index contributed by atoms with van der Waals surface area (Å²) in [7, 11) is 0. The zero-order valence-electron chi connectivity index (χ0n) is 17.7. The molecule has 2 aromatic heterocycles. The third-order valence-electron chi connectivity index (χ3n) is 5.85. The predicted molar refractivity (Wildman–Crippen MR) is 121 cm³/mol. The number of hydrogen-bond donors (Lipinski definition) is 2. The Hall–Kier alpha value is -2.62. The van der Waals surface area contributed by atoms with Gasteiger partial charge >= 0.3 is 0 Å². The molecule has 0 aliphatic carbocycles. The number of aromatic nitrogens is 4. The molecule has 0 radical (unpaired) electrons. The average molecular weight is 389 g/mol. The van der Waals surface area contributed by atoms with Gasteiger partial charge in [0.2, 0.25) is 0 Å². The zero-order valence-corrected chi connectivity index (χ0v) is 17.7. The molecule has 2 N–H and O–H groups in total. The van der Waals surface area contributed by atoms with Crippen LogP contribution in [0.15, 0.2) is 36.4 Å². The summed E-state index contributed by atoms with van der Waals surface area (Å²) in [4.78, 5) is 16.4. The minimum absolute atomic E-state index is 1.06. The number of imidazole rings is 2. The van der Waals surface area contributed by atoms with Gasteiger partial charge in [-0.3, -0.25) is 0 Å². The maximum atomic E-state index is 4.76. The first-order valence-electron chi connectivity index (χ1n) is 11.1. The van der Waals surface area contributed by atoms with Crippen molar-refractivity contribution in [3.8, 4) is 0 Å².